The molecule has 0 aliphatic carbocycles. The zero-order valence-electron chi connectivity index (χ0n) is 16.3. The van der Waals surface area contributed by atoms with Gasteiger partial charge in [0.15, 0.2) is 5.75 Å². The fourth-order valence-electron chi connectivity index (χ4n) is 3.73. The van der Waals surface area contributed by atoms with Crippen LogP contribution in [0.3, 0.4) is 0 Å². The summed E-state index contributed by atoms with van der Waals surface area (Å²) in [5.41, 5.74) is 5.08. The summed E-state index contributed by atoms with van der Waals surface area (Å²) >= 11 is 0. The molecule has 0 aromatic heterocycles. The molecular formula is C22H23FN2O5. The van der Waals surface area contributed by atoms with Gasteiger partial charge in [0, 0.05) is 43.3 Å². The minimum atomic E-state index is -1.26. The van der Waals surface area contributed by atoms with Gasteiger partial charge >= 0.3 is 11.9 Å². The standard InChI is InChI=1S/C18H19FN2O.C4H4O4/c19-15-8-9-16-17(12-15)22-20-18(16,21-10-4-5-11-21)13-14-6-2-1-3-7-14;5-3(6)1-2-4(7)8/h1-3,6-9,12,20H,4-5,10-11,13H2;1-2H,(H,5,6)(H,7,8). The van der Waals surface area contributed by atoms with Crippen molar-refractivity contribution in [3.63, 3.8) is 0 Å². The highest BCUT2D eigenvalue weighted by molar-refractivity contribution is 5.89. The van der Waals surface area contributed by atoms with Gasteiger partial charge in [0.1, 0.15) is 11.5 Å². The van der Waals surface area contributed by atoms with E-state index in [-0.39, 0.29) is 5.82 Å². The summed E-state index contributed by atoms with van der Waals surface area (Å²) < 4.78 is 13.5. The largest absolute Gasteiger partial charge is 0.478 e. The number of likely N-dealkylation sites (tertiary alicyclic amines) is 1. The van der Waals surface area contributed by atoms with Crippen molar-refractivity contribution in [1.82, 2.24) is 10.4 Å². The SMILES string of the molecule is Fc1ccc2c(c1)ONC2(Cc1ccccc1)N1CCCC1.O=C(O)C=CC(=O)O. The average molecular weight is 414 g/mol. The zero-order chi connectivity index (χ0) is 21.6. The number of fused-ring (bicyclic) bond motifs is 1. The Labute approximate surface area is 173 Å². The van der Waals surface area contributed by atoms with Crippen LogP contribution in [0.4, 0.5) is 4.39 Å². The van der Waals surface area contributed by atoms with E-state index < -0.39 is 17.6 Å². The lowest BCUT2D eigenvalue weighted by Crippen LogP contribution is -2.54. The van der Waals surface area contributed by atoms with Crippen LogP contribution < -0.4 is 10.3 Å². The highest BCUT2D eigenvalue weighted by Gasteiger charge is 2.46. The molecule has 2 aliphatic rings. The molecule has 1 saturated heterocycles. The highest BCUT2D eigenvalue weighted by Crippen LogP contribution is 2.42. The lowest BCUT2D eigenvalue weighted by atomic mass is 9.91. The van der Waals surface area contributed by atoms with Crippen LogP contribution in [-0.2, 0) is 21.7 Å². The third-order valence-electron chi connectivity index (χ3n) is 5.04. The Balaban J connectivity index is 0.000000275. The lowest BCUT2D eigenvalue weighted by molar-refractivity contribution is -0.134. The van der Waals surface area contributed by atoms with E-state index in [4.69, 9.17) is 15.1 Å². The normalized spacial score (nSPS) is 20.3. The minimum Gasteiger partial charge on any atom is -0.478 e. The van der Waals surface area contributed by atoms with Gasteiger partial charge in [0.25, 0.3) is 0 Å². The van der Waals surface area contributed by atoms with Gasteiger partial charge < -0.3 is 15.1 Å². The van der Waals surface area contributed by atoms with E-state index in [0.29, 0.717) is 17.9 Å². The van der Waals surface area contributed by atoms with E-state index in [2.05, 4.69) is 22.5 Å². The third-order valence-corrected chi connectivity index (χ3v) is 5.04. The molecule has 0 amide bonds. The fraction of sp³-hybridized carbons (Fsp3) is 0.273. The summed E-state index contributed by atoms with van der Waals surface area (Å²) in [5.74, 6) is -2.18. The van der Waals surface area contributed by atoms with E-state index in [0.717, 1.165) is 25.1 Å². The van der Waals surface area contributed by atoms with Crippen LogP contribution >= 0.6 is 0 Å². The molecule has 2 aliphatic heterocycles. The van der Waals surface area contributed by atoms with Crippen molar-refractivity contribution < 1.29 is 29.0 Å². The van der Waals surface area contributed by atoms with Crippen molar-refractivity contribution in [3.05, 3.63) is 77.6 Å². The Hall–Kier alpha value is -3.23. The van der Waals surface area contributed by atoms with E-state index in [1.54, 1.807) is 0 Å². The number of carboxylic acids is 2. The number of benzene rings is 2. The molecule has 2 heterocycles. The molecular weight excluding hydrogens is 391 g/mol. The second-order valence-corrected chi connectivity index (χ2v) is 7.07. The van der Waals surface area contributed by atoms with Crippen LogP contribution in [0, 0.1) is 5.82 Å². The monoisotopic (exact) mass is 414 g/mol. The smallest absolute Gasteiger partial charge is 0.328 e. The van der Waals surface area contributed by atoms with E-state index in [1.807, 2.05) is 24.3 Å². The van der Waals surface area contributed by atoms with Crippen molar-refractivity contribution in [2.75, 3.05) is 13.1 Å². The van der Waals surface area contributed by atoms with Crippen molar-refractivity contribution in [3.8, 4) is 5.75 Å². The van der Waals surface area contributed by atoms with Gasteiger partial charge in [-0.3, -0.25) is 4.90 Å². The zero-order valence-corrected chi connectivity index (χ0v) is 16.3. The fourth-order valence-corrected chi connectivity index (χ4v) is 3.73. The van der Waals surface area contributed by atoms with Gasteiger partial charge in [-0.05, 0) is 30.5 Å². The Morgan fingerprint density at radius 3 is 2.30 bits per heavy atom. The first-order valence-corrected chi connectivity index (χ1v) is 9.58. The molecule has 4 rings (SSSR count). The Morgan fingerprint density at radius 2 is 1.70 bits per heavy atom. The summed E-state index contributed by atoms with van der Waals surface area (Å²) in [6, 6.07) is 15.2. The van der Waals surface area contributed by atoms with Crippen molar-refractivity contribution in [2.24, 2.45) is 0 Å². The summed E-state index contributed by atoms with van der Waals surface area (Å²) in [6.45, 7) is 2.06. The van der Waals surface area contributed by atoms with Crippen LogP contribution in [0.1, 0.15) is 24.0 Å². The third kappa shape index (κ3) is 5.03. The van der Waals surface area contributed by atoms with Crippen molar-refractivity contribution >= 4 is 11.9 Å². The van der Waals surface area contributed by atoms with Crippen molar-refractivity contribution in [2.45, 2.75) is 24.9 Å². The van der Waals surface area contributed by atoms with Crippen LogP contribution in [0.15, 0.2) is 60.7 Å². The Morgan fingerprint density at radius 1 is 1.07 bits per heavy atom. The molecule has 0 spiro atoms. The summed E-state index contributed by atoms with van der Waals surface area (Å²) in [5, 5.41) is 15.6. The number of hydrogen-bond acceptors (Lipinski definition) is 5. The molecule has 0 bridgehead atoms. The van der Waals surface area contributed by atoms with Crippen LogP contribution in [0.25, 0.3) is 0 Å². The molecule has 0 radical (unpaired) electrons. The molecule has 7 nitrogen and oxygen atoms in total. The first kappa shape index (κ1) is 21.5. The maximum Gasteiger partial charge on any atom is 0.328 e. The van der Waals surface area contributed by atoms with Crippen LogP contribution in [0.2, 0.25) is 0 Å². The number of aliphatic carboxylic acids is 2. The second-order valence-electron chi connectivity index (χ2n) is 7.07. The predicted octanol–water partition coefficient (Wildman–Crippen LogP) is 2.93. The van der Waals surface area contributed by atoms with E-state index in [9.17, 15) is 14.0 Å². The van der Waals surface area contributed by atoms with Gasteiger partial charge in [-0.2, -0.15) is 0 Å². The van der Waals surface area contributed by atoms with Gasteiger partial charge in [-0.15, -0.1) is 5.48 Å². The van der Waals surface area contributed by atoms with Gasteiger partial charge in [0.05, 0.1) is 0 Å². The van der Waals surface area contributed by atoms with Gasteiger partial charge in [-0.25, -0.2) is 14.0 Å². The van der Waals surface area contributed by atoms with Gasteiger partial charge in [0.2, 0.25) is 0 Å². The topological polar surface area (TPSA) is 99.1 Å². The van der Waals surface area contributed by atoms with Crippen LogP contribution in [-0.4, -0.2) is 40.1 Å². The number of nitrogens with zero attached hydrogens (tertiary/aromatic N) is 1. The predicted molar refractivity (Wildman–Crippen MR) is 107 cm³/mol. The number of hydroxylamine groups is 1. The molecule has 8 heteroatoms. The number of carboxylic acid groups (broad SMARTS) is 2. The Kier molecular flexibility index (Phi) is 6.81. The highest BCUT2D eigenvalue weighted by atomic mass is 19.1. The quantitative estimate of drug-likeness (QED) is 0.647. The molecule has 2 aromatic rings. The molecule has 30 heavy (non-hydrogen) atoms. The van der Waals surface area contributed by atoms with E-state index in [1.165, 1.54) is 30.5 Å². The van der Waals surface area contributed by atoms with Gasteiger partial charge in [-0.1, -0.05) is 30.3 Å². The molecule has 1 unspecified atom stereocenters. The Bertz CT molecular complexity index is 912. The number of halogens is 1. The molecule has 3 N–H and O–H groups in total. The van der Waals surface area contributed by atoms with Crippen LogP contribution in [0.5, 0.6) is 5.75 Å². The van der Waals surface area contributed by atoms with Crippen molar-refractivity contribution in [1.29, 1.82) is 0 Å². The van der Waals surface area contributed by atoms with E-state index >= 15 is 0 Å². The summed E-state index contributed by atoms with van der Waals surface area (Å²) in [7, 11) is 0. The first-order chi connectivity index (χ1) is 14.4. The molecule has 0 saturated carbocycles. The molecule has 1 fully saturated rings. The number of hydrogen-bond donors (Lipinski definition) is 3. The number of nitrogens with one attached hydrogen (secondary N) is 1. The maximum absolute atomic E-state index is 13.5. The minimum absolute atomic E-state index is 0.266. The summed E-state index contributed by atoms with van der Waals surface area (Å²) in [6.07, 6.45) is 4.29. The average Bonchev–Trinajstić information content (AvgIpc) is 3.37. The number of carbonyl (C=O) groups is 2. The number of rotatable bonds is 5. The lowest BCUT2D eigenvalue weighted by Gasteiger charge is -2.37. The molecule has 1 atom stereocenters. The molecule has 2 aromatic carbocycles. The molecule has 158 valence electrons. The second kappa shape index (κ2) is 9.51. The first-order valence-electron chi connectivity index (χ1n) is 9.58. The summed E-state index contributed by atoms with van der Waals surface area (Å²) in [4.78, 5) is 27.2. The maximum atomic E-state index is 13.5.